The molecule has 0 spiro atoms. The average molecular weight is 381 g/mol. The van der Waals surface area contributed by atoms with E-state index in [4.69, 9.17) is 21.9 Å². The van der Waals surface area contributed by atoms with Gasteiger partial charge in [-0.05, 0) is 30.3 Å². The van der Waals surface area contributed by atoms with Gasteiger partial charge in [-0.15, -0.1) is 5.10 Å². The number of anilines is 1. The van der Waals surface area contributed by atoms with E-state index >= 15 is 0 Å². The lowest BCUT2D eigenvalue weighted by Gasteiger charge is -2.02. The van der Waals surface area contributed by atoms with E-state index < -0.39 is 10.1 Å². The molecule has 11 heteroatoms. The molecule has 4 N–H and O–H groups in total. The van der Waals surface area contributed by atoms with Crippen LogP contribution in [0.5, 0.6) is 0 Å². The van der Waals surface area contributed by atoms with Crippen LogP contribution in [0.2, 0.25) is 5.02 Å². The summed E-state index contributed by atoms with van der Waals surface area (Å²) in [4.78, 5) is 11.9. The van der Waals surface area contributed by atoms with Gasteiger partial charge in [0, 0.05) is 16.6 Å². The maximum Gasteiger partial charge on any atom is 0.261 e. The predicted octanol–water partition coefficient (Wildman–Crippen LogP) is 2.01. The van der Waals surface area contributed by atoms with Crippen molar-refractivity contribution in [3.05, 3.63) is 41.6 Å². The molecule has 9 nitrogen and oxygen atoms in total. The molecule has 0 aliphatic rings. The van der Waals surface area contributed by atoms with E-state index in [0.717, 1.165) is 16.6 Å². The second-order valence-corrected chi connectivity index (χ2v) is 7.02. The van der Waals surface area contributed by atoms with E-state index in [-0.39, 0.29) is 0 Å². The molecule has 0 unspecified atom stereocenters. The molecule has 0 bridgehead atoms. The molecule has 3 aromatic heterocycles. The first kappa shape index (κ1) is 17.1. The monoisotopic (exact) mass is 380 g/mol. The van der Waals surface area contributed by atoms with Crippen LogP contribution in [0.4, 0.5) is 5.95 Å². The van der Waals surface area contributed by atoms with Crippen LogP contribution in [0.25, 0.3) is 28.1 Å². The van der Waals surface area contributed by atoms with Gasteiger partial charge in [-0.2, -0.15) is 12.9 Å². The van der Waals surface area contributed by atoms with Gasteiger partial charge in [0.2, 0.25) is 5.95 Å². The lowest BCUT2D eigenvalue weighted by Crippen LogP contribution is -2.02. The number of benzene rings is 1. The number of rotatable bonds is 1. The van der Waals surface area contributed by atoms with Gasteiger partial charge >= 0.3 is 0 Å². The smallest absolute Gasteiger partial charge is 0.261 e. The predicted molar refractivity (Wildman–Crippen MR) is 95.0 cm³/mol. The van der Waals surface area contributed by atoms with Crippen molar-refractivity contribution in [1.29, 1.82) is 0 Å². The molecule has 0 aliphatic heterocycles. The number of nitrogens with one attached hydrogen (secondary N) is 1. The van der Waals surface area contributed by atoms with Crippen molar-refractivity contribution in [1.82, 2.24) is 24.6 Å². The number of hydrogen-bond donors (Lipinski definition) is 3. The van der Waals surface area contributed by atoms with Crippen molar-refractivity contribution in [3.63, 3.8) is 0 Å². The molecule has 0 fully saturated rings. The Hall–Kier alpha value is -2.69. The Morgan fingerprint density at radius 2 is 2.00 bits per heavy atom. The van der Waals surface area contributed by atoms with Crippen LogP contribution in [0.15, 0.2) is 36.5 Å². The summed E-state index contributed by atoms with van der Waals surface area (Å²) in [6, 6.07) is 9.18. The minimum atomic E-state index is -3.67. The number of nitrogen functional groups attached to an aromatic ring is 1. The summed E-state index contributed by atoms with van der Waals surface area (Å²) < 4.78 is 27.4. The van der Waals surface area contributed by atoms with E-state index in [1.165, 1.54) is 4.52 Å². The summed E-state index contributed by atoms with van der Waals surface area (Å²) in [6.45, 7) is 0. The molecule has 0 amide bonds. The van der Waals surface area contributed by atoms with Crippen LogP contribution in [0.1, 0.15) is 0 Å². The molecule has 0 atom stereocenters. The maximum atomic E-state index is 9.19. The molecular formula is C14H13ClN6O3S. The number of H-pyrrole nitrogens is 1. The highest BCUT2D eigenvalue weighted by Gasteiger charge is 2.13. The molecule has 1 aromatic carbocycles. The van der Waals surface area contributed by atoms with Crippen molar-refractivity contribution in [2.75, 3.05) is 12.0 Å². The number of nitrogens with zero attached hydrogens (tertiary/aromatic N) is 4. The largest absolute Gasteiger partial charge is 0.368 e. The van der Waals surface area contributed by atoms with Crippen molar-refractivity contribution < 1.29 is 13.0 Å². The number of aromatic nitrogens is 5. The first-order valence-corrected chi connectivity index (χ1v) is 9.13. The fourth-order valence-electron chi connectivity index (χ4n) is 2.19. The normalized spacial score (nSPS) is 11.5. The van der Waals surface area contributed by atoms with Gasteiger partial charge in [-0.1, -0.05) is 11.6 Å². The van der Waals surface area contributed by atoms with E-state index in [1.807, 2.05) is 30.5 Å². The number of hydrogen-bond acceptors (Lipinski definition) is 6. The third kappa shape index (κ3) is 3.87. The lowest BCUT2D eigenvalue weighted by atomic mass is 10.2. The van der Waals surface area contributed by atoms with Gasteiger partial charge in [0.05, 0.1) is 17.5 Å². The van der Waals surface area contributed by atoms with Crippen molar-refractivity contribution in [2.24, 2.45) is 0 Å². The number of fused-ring (bicyclic) bond motifs is 3. The molecule has 0 saturated carbocycles. The van der Waals surface area contributed by atoms with Crippen LogP contribution < -0.4 is 5.73 Å². The van der Waals surface area contributed by atoms with Crippen LogP contribution in [0, 0.1) is 0 Å². The van der Waals surface area contributed by atoms with Crippen molar-refractivity contribution in [2.45, 2.75) is 0 Å². The Bertz CT molecular complexity index is 1150. The minimum absolute atomic E-state index is 0.292. The zero-order valence-corrected chi connectivity index (χ0v) is 14.5. The lowest BCUT2D eigenvalue weighted by molar-refractivity contribution is 0.490. The summed E-state index contributed by atoms with van der Waals surface area (Å²) in [6.07, 6.45) is 2.53. The van der Waals surface area contributed by atoms with Gasteiger partial charge in [-0.3, -0.25) is 4.55 Å². The van der Waals surface area contributed by atoms with Gasteiger partial charge in [0.15, 0.2) is 11.5 Å². The fourth-order valence-corrected chi connectivity index (χ4v) is 2.36. The number of halogens is 1. The number of nitrogens with two attached hydrogens (primary N) is 1. The molecule has 4 aromatic rings. The molecule has 0 radical (unpaired) electrons. The Kier molecular flexibility index (Phi) is 4.33. The SMILES string of the molecule is CS(=O)(=O)O.Nc1nc2ccc(Cl)cc2c2nc(-c3ccc[nH]3)nn12. The van der Waals surface area contributed by atoms with Crippen LogP contribution >= 0.6 is 11.6 Å². The van der Waals surface area contributed by atoms with E-state index in [1.54, 1.807) is 6.07 Å². The zero-order chi connectivity index (χ0) is 18.2. The first-order chi connectivity index (χ1) is 11.7. The third-order valence-electron chi connectivity index (χ3n) is 3.10. The maximum absolute atomic E-state index is 9.19. The fraction of sp³-hybridized carbons (Fsp3) is 0.0714. The molecule has 130 valence electrons. The van der Waals surface area contributed by atoms with Gasteiger partial charge in [0.1, 0.15) is 0 Å². The van der Waals surface area contributed by atoms with E-state index in [9.17, 15) is 8.42 Å². The Labute approximate surface area is 147 Å². The molecule has 3 heterocycles. The Morgan fingerprint density at radius 3 is 2.64 bits per heavy atom. The first-order valence-electron chi connectivity index (χ1n) is 6.90. The molecular weight excluding hydrogens is 368 g/mol. The second-order valence-electron chi connectivity index (χ2n) is 5.12. The summed E-state index contributed by atoms with van der Waals surface area (Å²) in [7, 11) is -3.67. The highest BCUT2D eigenvalue weighted by Crippen LogP contribution is 2.24. The van der Waals surface area contributed by atoms with Crippen molar-refractivity contribution in [3.8, 4) is 11.5 Å². The van der Waals surface area contributed by atoms with Crippen LogP contribution in [-0.2, 0) is 10.1 Å². The topological polar surface area (TPSA) is 139 Å². The van der Waals surface area contributed by atoms with Crippen LogP contribution in [0.3, 0.4) is 0 Å². The van der Waals surface area contributed by atoms with E-state index in [2.05, 4.69) is 20.1 Å². The van der Waals surface area contributed by atoms with Gasteiger partial charge < -0.3 is 10.7 Å². The second kappa shape index (κ2) is 6.31. The average Bonchev–Trinajstić information content (AvgIpc) is 3.15. The quantitative estimate of drug-likeness (QED) is 0.429. The van der Waals surface area contributed by atoms with Gasteiger partial charge in [0.25, 0.3) is 10.1 Å². The summed E-state index contributed by atoms with van der Waals surface area (Å²) in [5, 5.41) is 5.82. The zero-order valence-electron chi connectivity index (χ0n) is 12.9. The van der Waals surface area contributed by atoms with Crippen molar-refractivity contribution >= 4 is 44.2 Å². The minimum Gasteiger partial charge on any atom is -0.368 e. The summed E-state index contributed by atoms with van der Waals surface area (Å²) in [5.41, 5.74) is 8.13. The molecule has 0 aliphatic carbocycles. The molecule has 4 rings (SSSR count). The molecule has 25 heavy (non-hydrogen) atoms. The highest BCUT2D eigenvalue weighted by molar-refractivity contribution is 7.85. The summed E-state index contributed by atoms with van der Waals surface area (Å²) in [5.74, 6) is 0.858. The third-order valence-corrected chi connectivity index (χ3v) is 3.33. The Morgan fingerprint density at radius 1 is 1.28 bits per heavy atom. The van der Waals surface area contributed by atoms with Gasteiger partial charge in [-0.25, -0.2) is 9.97 Å². The highest BCUT2D eigenvalue weighted by atomic mass is 35.5. The number of aromatic amines is 1. The molecule has 0 saturated heterocycles. The summed E-state index contributed by atoms with van der Waals surface area (Å²) >= 11 is 6.04. The Balaban J connectivity index is 0.000000324. The van der Waals surface area contributed by atoms with Crippen LogP contribution in [-0.4, -0.2) is 43.8 Å². The van der Waals surface area contributed by atoms with E-state index in [0.29, 0.717) is 28.7 Å². The standard InChI is InChI=1S/C13H9ClN6.CH4O3S/c14-7-3-4-9-8(6-7)12-18-11(10-2-1-5-16-10)19-20(12)13(15)17-9;1-5(2,3)4/h1-6,16H,(H2,15,17);1H3,(H,2,3,4).